The van der Waals surface area contributed by atoms with E-state index in [4.69, 9.17) is 9.47 Å². The number of imide groups is 1. The standard InChI is InChI=1S/C19H33N3O6/c1-12(14(23)20-16(25)21-18(2,3)4)27-15(24)13-8-10-22(11-9-13)17(26)28-19(5,6)7/h12-13H,8-11H2,1-7H3,(H2,20,21,23,25)/t12-/m0/s1. The van der Waals surface area contributed by atoms with Gasteiger partial charge in [-0.1, -0.05) is 0 Å². The monoisotopic (exact) mass is 399 g/mol. The highest BCUT2D eigenvalue weighted by Crippen LogP contribution is 2.21. The van der Waals surface area contributed by atoms with Crippen molar-refractivity contribution in [3.63, 3.8) is 0 Å². The number of nitrogens with one attached hydrogen (secondary N) is 2. The lowest BCUT2D eigenvalue weighted by molar-refractivity contribution is -0.159. The van der Waals surface area contributed by atoms with Crippen molar-refractivity contribution < 1.29 is 28.7 Å². The van der Waals surface area contributed by atoms with Gasteiger partial charge in [-0.3, -0.25) is 14.9 Å². The van der Waals surface area contributed by atoms with E-state index >= 15 is 0 Å². The van der Waals surface area contributed by atoms with Crippen LogP contribution in [0.25, 0.3) is 0 Å². The molecule has 0 bridgehead atoms. The second kappa shape index (κ2) is 9.25. The molecule has 0 radical (unpaired) electrons. The van der Waals surface area contributed by atoms with Crippen LogP contribution in [0.1, 0.15) is 61.3 Å². The van der Waals surface area contributed by atoms with Crippen LogP contribution < -0.4 is 10.6 Å². The number of esters is 1. The van der Waals surface area contributed by atoms with Gasteiger partial charge >= 0.3 is 18.1 Å². The van der Waals surface area contributed by atoms with E-state index in [1.807, 2.05) is 0 Å². The van der Waals surface area contributed by atoms with Gasteiger partial charge in [-0.25, -0.2) is 9.59 Å². The number of nitrogens with zero attached hydrogens (tertiary/aromatic N) is 1. The van der Waals surface area contributed by atoms with E-state index in [2.05, 4.69) is 10.6 Å². The molecule has 0 aromatic rings. The molecule has 0 spiro atoms. The molecule has 9 heteroatoms. The SMILES string of the molecule is C[C@H](OC(=O)C1CCN(C(=O)OC(C)(C)C)CC1)C(=O)NC(=O)NC(C)(C)C. The van der Waals surface area contributed by atoms with Gasteiger partial charge in [0.1, 0.15) is 5.60 Å². The maximum absolute atomic E-state index is 12.3. The van der Waals surface area contributed by atoms with Crippen LogP contribution in [0.3, 0.4) is 0 Å². The van der Waals surface area contributed by atoms with Gasteiger partial charge in [-0.2, -0.15) is 0 Å². The van der Waals surface area contributed by atoms with Gasteiger partial charge in [-0.05, 0) is 61.3 Å². The zero-order valence-corrected chi connectivity index (χ0v) is 17.9. The van der Waals surface area contributed by atoms with Crippen LogP contribution in [0.4, 0.5) is 9.59 Å². The molecule has 1 rings (SSSR count). The zero-order valence-electron chi connectivity index (χ0n) is 17.9. The van der Waals surface area contributed by atoms with Crippen molar-refractivity contribution in [3.8, 4) is 0 Å². The number of likely N-dealkylation sites (tertiary alicyclic amines) is 1. The average Bonchev–Trinajstić information content (AvgIpc) is 2.51. The molecule has 2 N–H and O–H groups in total. The number of ether oxygens (including phenoxy) is 2. The van der Waals surface area contributed by atoms with Crippen LogP contribution in [0.5, 0.6) is 0 Å². The molecule has 1 aliphatic heterocycles. The fraction of sp³-hybridized carbons (Fsp3) is 0.789. The highest BCUT2D eigenvalue weighted by molar-refractivity contribution is 5.97. The topological polar surface area (TPSA) is 114 Å². The summed E-state index contributed by atoms with van der Waals surface area (Å²) < 4.78 is 10.5. The van der Waals surface area contributed by atoms with Crippen LogP contribution >= 0.6 is 0 Å². The minimum absolute atomic E-state index is 0.378. The van der Waals surface area contributed by atoms with Gasteiger partial charge in [-0.15, -0.1) is 0 Å². The summed E-state index contributed by atoms with van der Waals surface area (Å²) in [6, 6.07) is -0.647. The third-order valence-electron chi connectivity index (χ3n) is 3.87. The maximum atomic E-state index is 12.3. The number of piperidine rings is 1. The molecule has 0 aliphatic carbocycles. The largest absolute Gasteiger partial charge is 0.452 e. The molecule has 0 aromatic heterocycles. The summed E-state index contributed by atoms with van der Waals surface area (Å²) in [5.74, 6) is -1.61. The molecule has 1 fully saturated rings. The van der Waals surface area contributed by atoms with Crippen molar-refractivity contribution in [2.24, 2.45) is 5.92 Å². The molecule has 1 heterocycles. The van der Waals surface area contributed by atoms with E-state index in [1.54, 1.807) is 46.4 Å². The van der Waals surface area contributed by atoms with Crippen molar-refractivity contribution in [2.75, 3.05) is 13.1 Å². The Bertz CT molecular complexity index is 598. The smallest absolute Gasteiger partial charge is 0.410 e. The third-order valence-corrected chi connectivity index (χ3v) is 3.87. The molecule has 1 atom stereocenters. The lowest BCUT2D eigenvalue weighted by atomic mass is 9.97. The highest BCUT2D eigenvalue weighted by atomic mass is 16.6. The molecular formula is C19H33N3O6. The first-order chi connectivity index (χ1) is 12.7. The van der Waals surface area contributed by atoms with Crippen molar-refractivity contribution in [1.29, 1.82) is 0 Å². The second-order valence-electron chi connectivity index (χ2n) is 9.01. The summed E-state index contributed by atoms with van der Waals surface area (Å²) in [4.78, 5) is 49.6. The lowest BCUT2D eigenvalue weighted by Crippen LogP contribution is -2.51. The Labute approximate surface area is 166 Å². The molecule has 0 saturated carbocycles. The lowest BCUT2D eigenvalue weighted by Gasteiger charge is -2.32. The van der Waals surface area contributed by atoms with E-state index in [9.17, 15) is 19.2 Å². The minimum atomic E-state index is -1.10. The summed E-state index contributed by atoms with van der Waals surface area (Å²) in [5.41, 5.74) is -1.07. The summed E-state index contributed by atoms with van der Waals surface area (Å²) in [6.07, 6.45) is -0.646. The highest BCUT2D eigenvalue weighted by Gasteiger charge is 2.32. The Morgan fingerprint density at radius 3 is 2.00 bits per heavy atom. The van der Waals surface area contributed by atoms with Crippen molar-refractivity contribution in [1.82, 2.24) is 15.5 Å². The Kier molecular flexibility index (Phi) is 7.84. The number of carbonyl (C=O) groups excluding carboxylic acids is 4. The van der Waals surface area contributed by atoms with E-state index in [1.165, 1.54) is 6.92 Å². The molecule has 0 aromatic carbocycles. The van der Waals surface area contributed by atoms with Gasteiger partial charge in [0, 0.05) is 18.6 Å². The van der Waals surface area contributed by atoms with E-state index in [-0.39, 0.29) is 0 Å². The zero-order chi connectivity index (χ0) is 21.7. The van der Waals surface area contributed by atoms with Crippen molar-refractivity contribution >= 4 is 24.0 Å². The van der Waals surface area contributed by atoms with Crippen molar-refractivity contribution in [3.05, 3.63) is 0 Å². The summed E-state index contributed by atoms with van der Waals surface area (Å²) in [6.45, 7) is 12.9. The van der Waals surface area contributed by atoms with Gasteiger partial charge < -0.3 is 19.7 Å². The molecule has 0 unspecified atom stereocenters. The van der Waals surface area contributed by atoms with Gasteiger partial charge in [0.15, 0.2) is 6.10 Å². The van der Waals surface area contributed by atoms with Gasteiger partial charge in [0.25, 0.3) is 5.91 Å². The fourth-order valence-corrected chi connectivity index (χ4v) is 2.53. The van der Waals surface area contributed by atoms with Crippen LogP contribution in [0.15, 0.2) is 0 Å². The molecule has 28 heavy (non-hydrogen) atoms. The van der Waals surface area contributed by atoms with Gasteiger partial charge in [0.05, 0.1) is 5.92 Å². The number of amides is 4. The molecule has 160 valence electrons. The number of hydrogen-bond donors (Lipinski definition) is 2. The molecule has 1 saturated heterocycles. The number of hydrogen-bond acceptors (Lipinski definition) is 6. The molecule has 9 nitrogen and oxygen atoms in total. The first kappa shape index (κ1) is 23.7. The van der Waals surface area contributed by atoms with Gasteiger partial charge in [0.2, 0.25) is 0 Å². The first-order valence-electron chi connectivity index (χ1n) is 9.49. The number of urea groups is 1. The summed E-state index contributed by atoms with van der Waals surface area (Å²) in [7, 11) is 0. The first-order valence-corrected chi connectivity index (χ1v) is 9.49. The predicted molar refractivity (Wildman–Crippen MR) is 103 cm³/mol. The molecular weight excluding hydrogens is 366 g/mol. The van der Waals surface area contributed by atoms with E-state index < -0.39 is 47.2 Å². The normalized spacial score (nSPS) is 16.8. The Hall–Kier alpha value is -2.32. The minimum Gasteiger partial charge on any atom is -0.452 e. The Morgan fingerprint density at radius 2 is 1.54 bits per heavy atom. The number of rotatable bonds is 3. The predicted octanol–water partition coefficient (Wildman–Crippen LogP) is 2.19. The average molecular weight is 399 g/mol. The van der Waals surface area contributed by atoms with Crippen LogP contribution in [0.2, 0.25) is 0 Å². The van der Waals surface area contributed by atoms with Crippen LogP contribution in [-0.4, -0.2) is 59.2 Å². The second-order valence-corrected chi connectivity index (χ2v) is 9.01. The van der Waals surface area contributed by atoms with E-state index in [0.717, 1.165) is 0 Å². The summed E-state index contributed by atoms with van der Waals surface area (Å²) >= 11 is 0. The van der Waals surface area contributed by atoms with Crippen molar-refractivity contribution in [2.45, 2.75) is 78.6 Å². The molecule has 1 aliphatic rings. The number of carbonyl (C=O) groups is 4. The Balaban J connectivity index is 2.44. The summed E-state index contributed by atoms with van der Waals surface area (Å²) in [5, 5.41) is 4.74. The molecule has 4 amide bonds. The van der Waals surface area contributed by atoms with E-state index in [0.29, 0.717) is 25.9 Å². The Morgan fingerprint density at radius 1 is 1.00 bits per heavy atom. The quantitative estimate of drug-likeness (QED) is 0.703. The third kappa shape index (κ3) is 8.58. The maximum Gasteiger partial charge on any atom is 0.410 e. The fourth-order valence-electron chi connectivity index (χ4n) is 2.53. The van der Waals surface area contributed by atoms with Crippen LogP contribution in [0, 0.1) is 5.92 Å². The van der Waals surface area contributed by atoms with Crippen LogP contribution in [-0.2, 0) is 19.1 Å².